The number of benzene rings is 2. The van der Waals surface area contributed by atoms with E-state index in [4.69, 9.17) is 0 Å². The fraction of sp³-hybridized carbons (Fsp3) is 0.350. The molecule has 2 aromatic rings. The van der Waals surface area contributed by atoms with Crippen molar-refractivity contribution in [1.29, 1.82) is 0 Å². The van der Waals surface area contributed by atoms with Crippen molar-refractivity contribution in [2.75, 3.05) is 0 Å². The van der Waals surface area contributed by atoms with Crippen LogP contribution in [0.5, 0.6) is 0 Å². The van der Waals surface area contributed by atoms with Gasteiger partial charge in [0.25, 0.3) is 0 Å². The topological polar surface area (TPSA) is 29.1 Å². The Hall–Kier alpha value is -2.16. The average Bonchev–Trinajstić information content (AvgIpc) is 3.35. The van der Waals surface area contributed by atoms with E-state index in [1.807, 2.05) is 31.2 Å². The maximum Gasteiger partial charge on any atom is 0.223 e. The van der Waals surface area contributed by atoms with Crippen molar-refractivity contribution in [2.24, 2.45) is 5.92 Å². The molecule has 23 heavy (non-hydrogen) atoms. The van der Waals surface area contributed by atoms with Crippen molar-refractivity contribution in [1.82, 2.24) is 5.32 Å². The number of amides is 1. The van der Waals surface area contributed by atoms with Crippen LogP contribution in [0.3, 0.4) is 0 Å². The van der Waals surface area contributed by atoms with Gasteiger partial charge in [-0.3, -0.25) is 4.79 Å². The summed E-state index contributed by atoms with van der Waals surface area (Å²) in [6.07, 6.45) is 2.61. The van der Waals surface area contributed by atoms with Crippen LogP contribution in [-0.2, 0) is 11.2 Å². The van der Waals surface area contributed by atoms with Crippen LogP contribution in [0.1, 0.15) is 36.8 Å². The lowest BCUT2D eigenvalue weighted by Gasteiger charge is -2.14. The third-order valence-electron chi connectivity index (χ3n) is 4.53. The zero-order valence-corrected chi connectivity index (χ0v) is 13.3. The van der Waals surface area contributed by atoms with E-state index < -0.39 is 0 Å². The molecular weight excluding hydrogens is 289 g/mol. The van der Waals surface area contributed by atoms with Crippen LogP contribution in [0, 0.1) is 11.7 Å². The number of aryl methyl sites for hydroxylation is 1. The van der Waals surface area contributed by atoms with E-state index in [9.17, 15) is 9.18 Å². The molecule has 1 saturated carbocycles. The second-order valence-electron chi connectivity index (χ2n) is 6.40. The van der Waals surface area contributed by atoms with E-state index in [0.717, 1.165) is 19.3 Å². The van der Waals surface area contributed by atoms with Crippen LogP contribution in [0.4, 0.5) is 4.39 Å². The molecule has 0 bridgehead atoms. The van der Waals surface area contributed by atoms with E-state index in [1.54, 1.807) is 12.1 Å². The fourth-order valence-electron chi connectivity index (χ4n) is 3.05. The summed E-state index contributed by atoms with van der Waals surface area (Å²) in [5.41, 5.74) is 1.95. The van der Waals surface area contributed by atoms with Gasteiger partial charge in [-0.25, -0.2) is 4.39 Å². The summed E-state index contributed by atoms with van der Waals surface area (Å²) in [5.74, 6) is -0.188. The molecule has 2 nitrogen and oxygen atoms in total. The lowest BCUT2D eigenvalue weighted by atomic mass is 10.1. The van der Waals surface area contributed by atoms with Gasteiger partial charge in [0.1, 0.15) is 5.82 Å². The van der Waals surface area contributed by atoms with Gasteiger partial charge in [0.15, 0.2) is 0 Å². The Labute approximate surface area is 136 Å². The Morgan fingerprint density at radius 1 is 1.17 bits per heavy atom. The van der Waals surface area contributed by atoms with E-state index in [0.29, 0.717) is 5.56 Å². The van der Waals surface area contributed by atoms with Gasteiger partial charge >= 0.3 is 0 Å². The maximum atomic E-state index is 13.8. The molecule has 1 aliphatic carbocycles. The van der Waals surface area contributed by atoms with Crippen molar-refractivity contribution in [3.8, 4) is 0 Å². The average molecular weight is 311 g/mol. The Morgan fingerprint density at radius 2 is 1.87 bits per heavy atom. The summed E-state index contributed by atoms with van der Waals surface area (Å²) in [6, 6.07) is 17.2. The van der Waals surface area contributed by atoms with Crippen LogP contribution in [0.25, 0.3) is 0 Å². The van der Waals surface area contributed by atoms with Crippen LogP contribution in [-0.4, -0.2) is 11.9 Å². The standard InChI is InChI=1S/C20H22FNO/c1-14(11-12-15-7-3-2-4-8-15)22-20(23)18-13-17(18)16-9-5-6-10-19(16)21/h2-10,14,17-18H,11-13H2,1H3,(H,22,23). The van der Waals surface area contributed by atoms with Gasteiger partial charge < -0.3 is 5.32 Å². The number of hydrogen-bond acceptors (Lipinski definition) is 1. The summed E-state index contributed by atoms with van der Waals surface area (Å²) in [6.45, 7) is 2.03. The van der Waals surface area contributed by atoms with Crippen molar-refractivity contribution >= 4 is 5.91 Å². The number of carbonyl (C=O) groups excluding carboxylic acids is 1. The molecule has 0 radical (unpaired) electrons. The molecule has 3 rings (SSSR count). The normalized spacial score (nSPS) is 20.8. The number of carbonyl (C=O) groups is 1. The first-order valence-corrected chi connectivity index (χ1v) is 8.24. The molecule has 1 aliphatic rings. The fourth-order valence-corrected chi connectivity index (χ4v) is 3.05. The summed E-state index contributed by atoms with van der Waals surface area (Å²) in [4.78, 5) is 12.3. The van der Waals surface area contributed by atoms with Crippen molar-refractivity contribution < 1.29 is 9.18 Å². The molecule has 2 aromatic carbocycles. The molecule has 1 N–H and O–H groups in total. The molecule has 0 aromatic heterocycles. The quantitative estimate of drug-likeness (QED) is 0.856. The van der Waals surface area contributed by atoms with Gasteiger partial charge in [0.2, 0.25) is 5.91 Å². The van der Waals surface area contributed by atoms with Crippen molar-refractivity contribution in [3.05, 3.63) is 71.5 Å². The van der Waals surface area contributed by atoms with Gasteiger partial charge in [-0.1, -0.05) is 48.5 Å². The largest absolute Gasteiger partial charge is 0.353 e. The smallest absolute Gasteiger partial charge is 0.223 e. The summed E-state index contributed by atoms with van der Waals surface area (Å²) < 4.78 is 13.8. The van der Waals surface area contributed by atoms with Gasteiger partial charge in [-0.05, 0) is 49.3 Å². The van der Waals surface area contributed by atoms with Crippen LogP contribution in [0.2, 0.25) is 0 Å². The SMILES string of the molecule is CC(CCc1ccccc1)NC(=O)C1CC1c1ccccc1F. The maximum absolute atomic E-state index is 13.8. The first kappa shape index (κ1) is 15.7. The summed E-state index contributed by atoms with van der Waals surface area (Å²) in [5, 5.41) is 3.07. The Bertz CT molecular complexity index is 670. The second kappa shape index (κ2) is 6.95. The third-order valence-corrected chi connectivity index (χ3v) is 4.53. The third kappa shape index (κ3) is 3.98. The predicted octanol–water partition coefficient (Wildman–Crippen LogP) is 4.07. The van der Waals surface area contributed by atoms with Crippen molar-refractivity contribution in [3.63, 3.8) is 0 Å². The molecule has 0 aliphatic heterocycles. The summed E-state index contributed by atoms with van der Waals surface area (Å²) >= 11 is 0. The lowest BCUT2D eigenvalue weighted by Crippen LogP contribution is -2.34. The lowest BCUT2D eigenvalue weighted by molar-refractivity contribution is -0.123. The van der Waals surface area contributed by atoms with E-state index in [-0.39, 0.29) is 29.6 Å². The van der Waals surface area contributed by atoms with E-state index in [1.165, 1.54) is 11.6 Å². The molecule has 3 atom stereocenters. The molecule has 0 saturated heterocycles. The second-order valence-corrected chi connectivity index (χ2v) is 6.40. The molecule has 0 spiro atoms. The monoisotopic (exact) mass is 311 g/mol. The highest BCUT2D eigenvalue weighted by Gasteiger charge is 2.45. The van der Waals surface area contributed by atoms with Gasteiger partial charge in [0, 0.05) is 12.0 Å². The van der Waals surface area contributed by atoms with E-state index >= 15 is 0 Å². The molecule has 0 heterocycles. The number of rotatable bonds is 6. The zero-order valence-electron chi connectivity index (χ0n) is 13.3. The molecule has 3 unspecified atom stereocenters. The molecule has 1 fully saturated rings. The van der Waals surface area contributed by atoms with Gasteiger partial charge in [0.05, 0.1) is 0 Å². The number of nitrogens with one attached hydrogen (secondary N) is 1. The highest BCUT2D eigenvalue weighted by molar-refractivity contribution is 5.83. The highest BCUT2D eigenvalue weighted by atomic mass is 19.1. The zero-order chi connectivity index (χ0) is 16.2. The van der Waals surface area contributed by atoms with Crippen LogP contribution in [0.15, 0.2) is 54.6 Å². The van der Waals surface area contributed by atoms with Crippen molar-refractivity contribution in [2.45, 2.75) is 38.1 Å². The van der Waals surface area contributed by atoms with E-state index in [2.05, 4.69) is 17.4 Å². The Balaban J connectivity index is 1.48. The first-order valence-electron chi connectivity index (χ1n) is 8.24. The minimum Gasteiger partial charge on any atom is -0.353 e. The Kier molecular flexibility index (Phi) is 4.75. The van der Waals surface area contributed by atoms with Crippen LogP contribution < -0.4 is 5.32 Å². The van der Waals surface area contributed by atoms with Gasteiger partial charge in [-0.2, -0.15) is 0 Å². The Morgan fingerprint density at radius 3 is 2.61 bits per heavy atom. The van der Waals surface area contributed by atoms with Gasteiger partial charge in [-0.15, -0.1) is 0 Å². The molecular formula is C20H22FNO. The minimum atomic E-state index is -0.204. The van der Waals surface area contributed by atoms with Crippen LogP contribution >= 0.6 is 0 Å². The molecule has 1 amide bonds. The predicted molar refractivity (Wildman–Crippen MR) is 89.6 cm³/mol. The number of hydrogen-bond donors (Lipinski definition) is 1. The first-order chi connectivity index (χ1) is 11.1. The highest BCUT2D eigenvalue weighted by Crippen LogP contribution is 2.48. The number of halogens is 1. The summed E-state index contributed by atoms with van der Waals surface area (Å²) in [7, 11) is 0. The molecule has 120 valence electrons. The minimum absolute atomic E-state index is 0.0394. The molecule has 3 heteroatoms.